The molecule has 2 aromatic rings. The Morgan fingerprint density at radius 2 is 1.89 bits per heavy atom. The van der Waals surface area contributed by atoms with E-state index in [1.54, 1.807) is 30.3 Å². The van der Waals surface area contributed by atoms with Crippen LogP contribution < -0.4 is 14.8 Å². The second-order valence-corrected chi connectivity index (χ2v) is 6.81. The van der Waals surface area contributed by atoms with Gasteiger partial charge in [0.05, 0.1) is 23.4 Å². The molecule has 1 atom stereocenters. The van der Waals surface area contributed by atoms with Crippen LogP contribution in [0, 0.1) is 0 Å². The molecule has 7 nitrogen and oxygen atoms in total. The Morgan fingerprint density at radius 3 is 2.54 bits per heavy atom. The van der Waals surface area contributed by atoms with E-state index < -0.39 is 17.7 Å². The van der Waals surface area contributed by atoms with Crippen LogP contribution in [0.25, 0.3) is 0 Å². The van der Waals surface area contributed by atoms with Gasteiger partial charge < -0.3 is 14.8 Å². The minimum absolute atomic E-state index is 0.0637. The summed E-state index contributed by atoms with van der Waals surface area (Å²) < 4.78 is 11.4. The standard InChI is InChI=1S/C21H20N2O5/c1-3-27-18-9-13-8-12(2)28-17(13)10-16(18)22-19(24)11-23-20(25)14-6-4-5-7-15(14)21(23)26/h4-7,9-10,12H,3,8,11H2,1-2H3,(H,22,24)/t12-/m1/s1. The summed E-state index contributed by atoms with van der Waals surface area (Å²) in [5, 5.41) is 2.74. The zero-order valence-corrected chi connectivity index (χ0v) is 15.7. The van der Waals surface area contributed by atoms with Gasteiger partial charge in [-0.1, -0.05) is 12.1 Å². The largest absolute Gasteiger partial charge is 0.492 e. The lowest BCUT2D eigenvalue weighted by Crippen LogP contribution is -2.37. The summed E-state index contributed by atoms with van der Waals surface area (Å²) in [5.41, 5.74) is 2.11. The molecule has 2 aliphatic rings. The van der Waals surface area contributed by atoms with E-state index in [9.17, 15) is 14.4 Å². The van der Waals surface area contributed by atoms with Crippen LogP contribution in [0.2, 0.25) is 0 Å². The van der Waals surface area contributed by atoms with Crippen LogP contribution in [0.1, 0.15) is 40.1 Å². The summed E-state index contributed by atoms with van der Waals surface area (Å²) in [6.45, 7) is 3.90. The number of anilines is 1. The molecule has 0 aromatic heterocycles. The fourth-order valence-electron chi connectivity index (χ4n) is 3.53. The highest BCUT2D eigenvalue weighted by molar-refractivity contribution is 6.22. The van der Waals surface area contributed by atoms with Gasteiger partial charge in [0.2, 0.25) is 5.91 Å². The van der Waals surface area contributed by atoms with Crippen molar-refractivity contribution in [1.82, 2.24) is 4.90 Å². The lowest BCUT2D eigenvalue weighted by atomic mass is 10.1. The third-order valence-corrected chi connectivity index (χ3v) is 4.75. The van der Waals surface area contributed by atoms with Crippen molar-refractivity contribution < 1.29 is 23.9 Å². The van der Waals surface area contributed by atoms with Gasteiger partial charge in [0.15, 0.2) is 0 Å². The minimum atomic E-state index is -0.485. The van der Waals surface area contributed by atoms with Crippen molar-refractivity contribution in [2.24, 2.45) is 0 Å². The third kappa shape index (κ3) is 3.09. The van der Waals surface area contributed by atoms with E-state index >= 15 is 0 Å². The lowest BCUT2D eigenvalue weighted by Gasteiger charge is -2.16. The second kappa shape index (κ2) is 6.99. The van der Waals surface area contributed by atoms with Gasteiger partial charge in [0, 0.05) is 18.1 Å². The lowest BCUT2D eigenvalue weighted by molar-refractivity contribution is -0.116. The minimum Gasteiger partial charge on any atom is -0.492 e. The van der Waals surface area contributed by atoms with E-state index in [0.29, 0.717) is 34.9 Å². The molecular weight excluding hydrogens is 360 g/mol. The van der Waals surface area contributed by atoms with Gasteiger partial charge in [0.1, 0.15) is 24.1 Å². The third-order valence-electron chi connectivity index (χ3n) is 4.75. The average Bonchev–Trinajstić information content (AvgIpc) is 3.14. The predicted octanol–water partition coefficient (Wildman–Crippen LogP) is 2.64. The summed E-state index contributed by atoms with van der Waals surface area (Å²) in [7, 11) is 0. The number of benzene rings is 2. The smallest absolute Gasteiger partial charge is 0.262 e. The SMILES string of the molecule is CCOc1cc2c(cc1NC(=O)CN1C(=O)c3ccccc3C1=O)O[C@H](C)C2. The number of nitrogens with zero attached hydrogens (tertiary/aromatic N) is 1. The number of carbonyl (C=O) groups excluding carboxylic acids is 3. The van der Waals surface area contributed by atoms with Crippen LogP contribution in [0.4, 0.5) is 5.69 Å². The molecular formula is C21H20N2O5. The molecule has 0 spiro atoms. The van der Waals surface area contributed by atoms with Gasteiger partial charge in [-0.3, -0.25) is 19.3 Å². The molecule has 2 heterocycles. The van der Waals surface area contributed by atoms with E-state index in [2.05, 4.69) is 5.32 Å². The highest BCUT2D eigenvalue weighted by Crippen LogP contribution is 2.38. The Hall–Kier alpha value is -3.35. The van der Waals surface area contributed by atoms with E-state index in [4.69, 9.17) is 9.47 Å². The molecule has 0 bridgehead atoms. The zero-order chi connectivity index (χ0) is 19.8. The highest BCUT2D eigenvalue weighted by Gasteiger charge is 2.36. The van der Waals surface area contributed by atoms with Crippen molar-refractivity contribution in [1.29, 1.82) is 0 Å². The monoisotopic (exact) mass is 380 g/mol. The van der Waals surface area contributed by atoms with Crippen molar-refractivity contribution in [3.05, 3.63) is 53.1 Å². The molecule has 7 heteroatoms. The number of imide groups is 1. The topological polar surface area (TPSA) is 84.9 Å². The fraction of sp³-hybridized carbons (Fsp3) is 0.286. The number of hydrogen-bond donors (Lipinski definition) is 1. The molecule has 2 aromatic carbocycles. The number of ether oxygens (including phenoxy) is 2. The molecule has 0 radical (unpaired) electrons. The van der Waals surface area contributed by atoms with Crippen LogP contribution in [0.3, 0.4) is 0 Å². The number of nitrogens with one attached hydrogen (secondary N) is 1. The summed E-state index contributed by atoms with van der Waals surface area (Å²) in [4.78, 5) is 38.4. The molecule has 0 saturated heterocycles. The maximum Gasteiger partial charge on any atom is 0.262 e. The van der Waals surface area contributed by atoms with Crippen LogP contribution >= 0.6 is 0 Å². The molecule has 28 heavy (non-hydrogen) atoms. The summed E-state index contributed by atoms with van der Waals surface area (Å²) in [5.74, 6) is -0.179. The fourth-order valence-corrected chi connectivity index (χ4v) is 3.53. The summed E-state index contributed by atoms with van der Waals surface area (Å²) in [6, 6.07) is 10.1. The van der Waals surface area contributed by atoms with Crippen LogP contribution in [-0.2, 0) is 11.2 Å². The Kier molecular flexibility index (Phi) is 4.50. The molecule has 2 aliphatic heterocycles. The van der Waals surface area contributed by atoms with Gasteiger partial charge in [0.25, 0.3) is 11.8 Å². The van der Waals surface area contributed by atoms with Crippen molar-refractivity contribution in [3.63, 3.8) is 0 Å². The van der Waals surface area contributed by atoms with Crippen LogP contribution in [-0.4, -0.2) is 41.9 Å². The molecule has 0 fully saturated rings. The van der Waals surface area contributed by atoms with Gasteiger partial charge in [-0.25, -0.2) is 0 Å². The second-order valence-electron chi connectivity index (χ2n) is 6.81. The highest BCUT2D eigenvalue weighted by atomic mass is 16.5. The molecule has 0 saturated carbocycles. The Morgan fingerprint density at radius 1 is 1.21 bits per heavy atom. The number of fused-ring (bicyclic) bond motifs is 2. The van der Waals surface area contributed by atoms with Crippen molar-refractivity contribution in [3.8, 4) is 11.5 Å². The van der Waals surface area contributed by atoms with E-state index in [1.807, 2.05) is 19.9 Å². The molecule has 0 unspecified atom stereocenters. The van der Waals surface area contributed by atoms with Crippen molar-refractivity contribution >= 4 is 23.4 Å². The first-order chi connectivity index (χ1) is 13.5. The van der Waals surface area contributed by atoms with Crippen molar-refractivity contribution in [2.45, 2.75) is 26.4 Å². The first-order valence-electron chi connectivity index (χ1n) is 9.19. The van der Waals surface area contributed by atoms with Crippen LogP contribution in [0.5, 0.6) is 11.5 Å². The van der Waals surface area contributed by atoms with Gasteiger partial charge in [-0.05, 0) is 32.0 Å². The van der Waals surface area contributed by atoms with Crippen molar-refractivity contribution in [2.75, 3.05) is 18.5 Å². The molecule has 0 aliphatic carbocycles. The number of amides is 3. The normalized spacial score (nSPS) is 17.2. The van der Waals surface area contributed by atoms with E-state index in [-0.39, 0.29) is 12.6 Å². The Balaban J connectivity index is 1.53. The maximum absolute atomic E-state index is 12.6. The average molecular weight is 380 g/mol. The maximum atomic E-state index is 12.6. The summed E-state index contributed by atoms with van der Waals surface area (Å²) in [6.07, 6.45) is 0.840. The molecule has 144 valence electrons. The predicted molar refractivity (Wildman–Crippen MR) is 102 cm³/mol. The van der Waals surface area contributed by atoms with Gasteiger partial charge >= 0.3 is 0 Å². The first-order valence-corrected chi connectivity index (χ1v) is 9.19. The Bertz CT molecular complexity index is 950. The number of rotatable bonds is 5. The van der Waals surface area contributed by atoms with E-state index in [0.717, 1.165) is 16.9 Å². The van der Waals surface area contributed by atoms with Crippen LogP contribution in [0.15, 0.2) is 36.4 Å². The zero-order valence-electron chi connectivity index (χ0n) is 15.7. The molecule has 3 amide bonds. The first kappa shape index (κ1) is 18.0. The number of hydrogen-bond acceptors (Lipinski definition) is 5. The molecule has 4 rings (SSSR count). The van der Waals surface area contributed by atoms with Gasteiger partial charge in [-0.2, -0.15) is 0 Å². The summed E-state index contributed by atoms with van der Waals surface area (Å²) >= 11 is 0. The number of carbonyl (C=O) groups is 3. The van der Waals surface area contributed by atoms with E-state index in [1.165, 1.54) is 0 Å². The molecule has 1 N–H and O–H groups in total. The Labute approximate surface area is 162 Å². The quantitative estimate of drug-likeness (QED) is 0.806. The van der Waals surface area contributed by atoms with Gasteiger partial charge in [-0.15, -0.1) is 0 Å².